The number of furan rings is 1. The monoisotopic (exact) mass is 925 g/mol. The van der Waals surface area contributed by atoms with Gasteiger partial charge in [0.15, 0.2) is 0 Å². The van der Waals surface area contributed by atoms with Crippen LogP contribution in [0.2, 0.25) is 17.3 Å². The van der Waals surface area contributed by atoms with Crippen molar-refractivity contribution in [2.45, 2.75) is 64.2 Å². The Labute approximate surface area is 330 Å². The second kappa shape index (κ2) is 15.1. The third-order valence-corrected chi connectivity index (χ3v) is 13.2. The Bertz CT molecular complexity index is 2710. The van der Waals surface area contributed by atoms with Crippen LogP contribution in [0.5, 0.6) is 0 Å². The molecule has 5 heteroatoms. The normalized spacial score (nSPS) is 13.5. The minimum atomic E-state index is -2.03. The molecule has 0 saturated heterocycles. The molecule has 3 nitrogen and oxygen atoms in total. The summed E-state index contributed by atoms with van der Waals surface area (Å²) < 4.78 is 41.8. The Balaban J connectivity index is 0.000000217. The van der Waals surface area contributed by atoms with Crippen molar-refractivity contribution in [3.63, 3.8) is 0 Å². The predicted molar refractivity (Wildman–Crippen MR) is 220 cm³/mol. The Hall–Kier alpha value is -4.09. The zero-order chi connectivity index (χ0) is 39.5. The third kappa shape index (κ3) is 7.95. The summed E-state index contributed by atoms with van der Waals surface area (Å²) in [6.45, 7) is 9.49. The molecule has 0 spiro atoms. The molecule has 0 N–H and O–H groups in total. The minimum Gasteiger partial charge on any atom is -0.501 e. The number of pyridine rings is 2. The van der Waals surface area contributed by atoms with Gasteiger partial charge < -0.3 is 9.40 Å². The van der Waals surface area contributed by atoms with Gasteiger partial charge in [0.05, 0.1) is 6.95 Å². The molecule has 0 aliphatic heterocycles. The maximum atomic E-state index is 8.70. The van der Waals surface area contributed by atoms with Crippen LogP contribution in [0.25, 0.3) is 66.0 Å². The van der Waals surface area contributed by atoms with E-state index in [0.29, 0.717) is 22.4 Å². The van der Waals surface area contributed by atoms with E-state index < -0.39 is 30.9 Å². The van der Waals surface area contributed by atoms with E-state index in [9.17, 15) is 0 Å². The summed E-state index contributed by atoms with van der Waals surface area (Å²) in [5, 5.41) is 6.58. The molecule has 0 saturated carbocycles. The van der Waals surface area contributed by atoms with Crippen LogP contribution in [0.4, 0.5) is 0 Å². The molecule has 5 aromatic carbocycles. The first-order valence-electron chi connectivity index (χ1n) is 19.5. The number of nitrogens with zero attached hydrogens (tertiary/aromatic N) is 2. The van der Waals surface area contributed by atoms with Gasteiger partial charge in [-0.2, -0.15) is 0 Å². The van der Waals surface area contributed by atoms with Crippen molar-refractivity contribution in [2.75, 3.05) is 0 Å². The maximum absolute atomic E-state index is 8.70. The van der Waals surface area contributed by atoms with Gasteiger partial charge in [-0.3, -0.25) is 0 Å². The molecule has 0 amide bonds. The molecule has 52 heavy (non-hydrogen) atoms. The van der Waals surface area contributed by atoms with Crippen molar-refractivity contribution in [1.82, 2.24) is 9.97 Å². The molecule has 8 rings (SSSR count). The Morgan fingerprint density at radius 3 is 2.29 bits per heavy atom. The van der Waals surface area contributed by atoms with Crippen LogP contribution in [-0.2, 0) is 26.5 Å². The molecule has 0 aliphatic carbocycles. The summed E-state index contributed by atoms with van der Waals surface area (Å²) >= 11 is -2.03. The van der Waals surface area contributed by atoms with E-state index in [1.807, 2.05) is 89.3 Å². The quantitative estimate of drug-likeness (QED) is 0.0981. The van der Waals surface area contributed by atoms with Crippen molar-refractivity contribution in [2.24, 2.45) is 5.41 Å². The molecule has 0 aliphatic rings. The Morgan fingerprint density at radius 2 is 1.56 bits per heavy atom. The molecular weight excluding hydrogens is 873 g/mol. The third-order valence-electron chi connectivity index (χ3n) is 9.01. The summed E-state index contributed by atoms with van der Waals surface area (Å²) in [6.07, 6.45) is 0.382. The number of fused-ring (bicyclic) bond motifs is 6. The van der Waals surface area contributed by atoms with E-state index in [0.717, 1.165) is 43.9 Å². The second-order valence-corrected chi connectivity index (χ2v) is 26.0. The van der Waals surface area contributed by atoms with Crippen molar-refractivity contribution in [1.29, 1.82) is 0 Å². The van der Waals surface area contributed by atoms with E-state index in [1.54, 1.807) is 6.07 Å². The smallest absolute Gasteiger partial charge is 0.121 e. The fraction of sp³-hybridized carbons (Fsp3) is 0.234. The first kappa shape index (κ1) is 32.6. The predicted octanol–water partition coefficient (Wildman–Crippen LogP) is 12.6. The molecule has 1 radical (unpaired) electrons. The molecular formula is C47H46GeIrN2O-2. The van der Waals surface area contributed by atoms with E-state index in [1.165, 1.54) is 21.2 Å². The zero-order valence-electron chi connectivity index (χ0n) is 35.0. The van der Waals surface area contributed by atoms with Gasteiger partial charge in [0.2, 0.25) is 0 Å². The average Bonchev–Trinajstić information content (AvgIpc) is 3.50. The minimum absolute atomic E-state index is 0. The molecule has 0 unspecified atom stereocenters. The number of hydrogen-bond acceptors (Lipinski definition) is 3. The Morgan fingerprint density at radius 1 is 0.788 bits per heavy atom. The molecule has 3 heterocycles. The number of rotatable bonds is 5. The fourth-order valence-electron chi connectivity index (χ4n) is 6.62. The van der Waals surface area contributed by atoms with Crippen LogP contribution in [0, 0.1) is 17.5 Å². The number of aromatic nitrogens is 2. The van der Waals surface area contributed by atoms with Gasteiger partial charge in [-0.25, -0.2) is 0 Å². The van der Waals surface area contributed by atoms with Crippen molar-refractivity contribution in [3.05, 3.63) is 139 Å². The van der Waals surface area contributed by atoms with Crippen LogP contribution in [0.15, 0.2) is 120 Å². The van der Waals surface area contributed by atoms with Crippen LogP contribution in [-0.4, -0.2) is 23.2 Å². The summed E-state index contributed by atoms with van der Waals surface area (Å²) in [4.78, 5) is 9.05. The van der Waals surface area contributed by atoms with Crippen LogP contribution < -0.4 is 4.40 Å². The summed E-state index contributed by atoms with van der Waals surface area (Å²) in [5.41, 5.74) is 5.34. The summed E-state index contributed by atoms with van der Waals surface area (Å²) in [7, 11) is 0. The average molecular weight is 924 g/mol. The first-order chi connectivity index (χ1) is 25.8. The second-order valence-electron chi connectivity index (χ2n) is 15.4. The molecule has 3 aromatic heterocycles. The summed E-state index contributed by atoms with van der Waals surface area (Å²) in [6, 6.07) is 40.3. The van der Waals surface area contributed by atoms with E-state index >= 15 is 0 Å². The van der Waals surface area contributed by atoms with Crippen molar-refractivity contribution in [3.8, 4) is 22.5 Å². The fourth-order valence-corrected chi connectivity index (χ4v) is 9.94. The van der Waals surface area contributed by atoms with Gasteiger partial charge in [0.1, 0.15) is 5.58 Å². The van der Waals surface area contributed by atoms with Gasteiger partial charge in [-0.05, 0) is 57.2 Å². The van der Waals surface area contributed by atoms with Gasteiger partial charge in [0.25, 0.3) is 0 Å². The number of benzene rings is 5. The molecule has 0 bridgehead atoms. The first-order valence-corrected chi connectivity index (χ1v) is 24.8. The van der Waals surface area contributed by atoms with Crippen molar-refractivity contribution < 1.29 is 30.0 Å². The Kier molecular flexibility index (Phi) is 9.46. The molecule has 0 atom stereocenters. The maximum Gasteiger partial charge on any atom is 0.121 e. The molecule has 0 fully saturated rings. The topological polar surface area (TPSA) is 38.9 Å². The standard InChI is InChI=1S/C30H24NO.C17H22GeN.Ir/c1-30(2,3)18-19-13-14-31-27(15-19)24-10-6-9-23-26-16-21-12-11-20-7-4-5-8-22(20)25(21)17-28(26)32-29(23)24;1-13(2)15-11-17(14-9-7-6-8-10-14)19-12-16(15)18(3,4)5;/h4-9,11-17H,18H2,1-3H3;6-9,11-13H,1-5H3;/q2*-1;/i14D,18D2;13D;. The van der Waals surface area contributed by atoms with Gasteiger partial charge in [-0.1, -0.05) is 79.7 Å². The van der Waals surface area contributed by atoms with Gasteiger partial charge in [-0.15, -0.1) is 18.2 Å². The largest absolute Gasteiger partial charge is 0.501 e. The van der Waals surface area contributed by atoms with E-state index in [4.69, 9.17) is 9.90 Å². The van der Waals surface area contributed by atoms with E-state index in [-0.39, 0.29) is 26.3 Å². The van der Waals surface area contributed by atoms with Gasteiger partial charge >= 0.3 is 120 Å². The SMILES string of the molecule is [2H]C(C)(C)c1cc(-c2[c-]cccc2)nc[c]1[Ge]([CH3])([CH3])[CH3].[2H]c1cc(C([2H])([2H])C(C)(C)C)cc(-c2[c-]ccc3c2oc2cc4c(ccc5ccccc54)cc23)n1.[Ir]. The molecule has 265 valence electrons. The van der Waals surface area contributed by atoms with Gasteiger partial charge in [0, 0.05) is 34.4 Å². The van der Waals surface area contributed by atoms with E-state index in [2.05, 4.69) is 81.8 Å². The van der Waals surface area contributed by atoms with Crippen LogP contribution in [0.1, 0.15) is 57.1 Å². The summed E-state index contributed by atoms with van der Waals surface area (Å²) in [5.74, 6) is 6.45. The van der Waals surface area contributed by atoms with Crippen LogP contribution >= 0.6 is 0 Å². The van der Waals surface area contributed by atoms with Crippen LogP contribution in [0.3, 0.4) is 0 Å². The zero-order valence-corrected chi connectivity index (χ0v) is 35.5. The van der Waals surface area contributed by atoms with Crippen molar-refractivity contribution >= 4 is 61.1 Å². The number of hydrogen-bond donors (Lipinski definition) is 0. The molecule has 8 aromatic rings.